The molecule has 2 amide bonds. The molecule has 0 radical (unpaired) electrons. The summed E-state index contributed by atoms with van der Waals surface area (Å²) in [5.74, 6) is -0.349. The molecule has 10 nitrogen and oxygen atoms in total. The van der Waals surface area contributed by atoms with Gasteiger partial charge in [-0.3, -0.25) is 9.59 Å². The Hall–Kier alpha value is -4.41. The normalized spacial score (nSPS) is 10.6. The van der Waals surface area contributed by atoms with Gasteiger partial charge in [0.2, 0.25) is 11.7 Å². The maximum atomic E-state index is 13.4. The van der Waals surface area contributed by atoms with Crippen LogP contribution in [0.25, 0.3) is 11.4 Å². The van der Waals surface area contributed by atoms with Crippen LogP contribution in [0.4, 0.5) is 15.9 Å². The SMILES string of the molecule is Cc1cc(NC(=O)Cn2nnc(-c3ccccc3NC(=O)c3cccc(F)c3)n2)no1. The molecule has 0 aliphatic rings. The predicted molar refractivity (Wildman–Crippen MR) is 107 cm³/mol. The van der Waals surface area contributed by atoms with Gasteiger partial charge in [0.1, 0.15) is 18.1 Å². The second-order valence-corrected chi connectivity index (χ2v) is 6.52. The molecule has 11 heteroatoms. The molecule has 0 atom stereocenters. The summed E-state index contributed by atoms with van der Waals surface area (Å²) in [6.07, 6.45) is 0. The molecule has 0 saturated heterocycles. The highest BCUT2D eigenvalue weighted by molar-refractivity contribution is 6.06. The topological polar surface area (TPSA) is 128 Å². The molecule has 2 aromatic heterocycles. The first kappa shape index (κ1) is 19.9. The first-order chi connectivity index (χ1) is 15.0. The Morgan fingerprint density at radius 1 is 1.10 bits per heavy atom. The van der Waals surface area contributed by atoms with E-state index in [2.05, 4.69) is 31.2 Å². The molecule has 0 unspecified atom stereocenters. The van der Waals surface area contributed by atoms with Crippen LogP contribution in [0.15, 0.2) is 59.1 Å². The summed E-state index contributed by atoms with van der Waals surface area (Å²) < 4.78 is 18.3. The van der Waals surface area contributed by atoms with Crippen LogP contribution in [0.3, 0.4) is 0 Å². The van der Waals surface area contributed by atoms with Gasteiger partial charge in [-0.1, -0.05) is 23.4 Å². The van der Waals surface area contributed by atoms with Crippen LogP contribution in [0, 0.1) is 12.7 Å². The van der Waals surface area contributed by atoms with Gasteiger partial charge >= 0.3 is 0 Å². The number of benzene rings is 2. The number of carbonyl (C=O) groups excluding carboxylic acids is 2. The van der Waals surface area contributed by atoms with E-state index in [1.165, 1.54) is 18.2 Å². The summed E-state index contributed by atoms with van der Waals surface area (Å²) in [5, 5.41) is 21.0. The summed E-state index contributed by atoms with van der Waals surface area (Å²) in [7, 11) is 0. The minimum atomic E-state index is -0.510. The van der Waals surface area contributed by atoms with Crippen molar-refractivity contribution in [2.24, 2.45) is 0 Å². The van der Waals surface area contributed by atoms with Crippen molar-refractivity contribution in [3.05, 3.63) is 71.7 Å². The lowest BCUT2D eigenvalue weighted by Gasteiger charge is -2.08. The van der Waals surface area contributed by atoms with Gasteiger partial charge in [0, 0.05) is 17.2 Å². The lowest BCUT2D eigenvalue weighted by Crippen LogP contribution is -2.20. The molecule has 2 N–H and O–H groups in total. The predicted octanol–water partition coefficient (Wildman–Crippen LogP) is 2.67. The van der Waals surface area contributed by atoms with E-state index in [1.54, 1.807) is 37.3 Å². The summed E-state index contributed by atoms with van der Waals surface area (Å²) in [4.78, 5) is 25.7. The molecule has 4 aromatic rings. The van der Waals surface area contributed by atoms with Gasteiger partial charge in [0.15, 0.2) is 5.82 Å². The van der Waals surface area contributed by atoms with Gasteiger partial charge in [-0.15, -0.1) is 10.2 Å². The zero-order valence-corrected chi connectivity index (χ0v) is 16.2. The minimum Gasteiger partial charge on any atom is -0.360 e. The van der Waals surface area contributed by atoms with Gasteiger partial charge in [0.05, 0.1) is 5.69 Å². The van der Waals surface area contributed by atoms with Crippen LogP contribution in [-0.4, -0.2) is 37.2 Å². The van der Waals surface area contributed by atoms with Crippen molar-refractivity contribution in [2.75, 3.05) is 10.6 Å². The number of rotatable bonds is 6. The third-order valence-corrected chi connectivity index (χ3v) is 4.14. The number of nitrogens with one attached hydrogen (secondary N) is 2. The van der Waals surface area contributed by atoms with Crippen LogP contribution in [-0.2, 0) is 11.3 Å². The van der Waals surface area contributed by atoms with E-state index in [0.29, 0.717) is 17.0 Å². The van der Waals surface area contributed by atoms with E-state index in [1.807, 2.05) is 0 Å². The average molecular weight is 421 g/mol. The highest BCUT2D eigenvalue weighted by atomic mass is 19.1. The first-order valence-corrected chi connectivity index (χ1v) is 9.15. The van der Waals surface area contributed by atoms with E-state index >= 15 is 0 Å². The monoisotopic (exact) mass is 421 g/mol. The fourth-order valence-corrected chi connectivity index (χ4v) is 2.77. The summed E-state index contributed by atoms with van der Waals surface area (Å²) in [5.41, 5.74) is 1.08. The Morgan fingerprint density at radius 2 is 1.94 bits per heavy atom. The van der Waals surface area contributed by atoms with Gasteiger partial charge in [-0.05, 0) is 42.5 Å². The molecule has 2 aromatic carbocycles. The largest absolute Gasteiger partial charge is 0.360 e. The standard InChI is InChI=1S/C20H16FN7O3/c1-12-9-17(26-31-12)23-18(29)11-28-25-19(24-27-28)15-7-2-3-8-16(15)22-20(30)13-5-4-6-14(21)10-13/h2-10H,11H2,1H3,(H,22,30)(H,23,26,29). The average Bonchev–Trinajstić information content (AvgIpc) is 3.37. The number of amides is 2. The number of hydrogen-bond acceptors (Lipinski definition) is 7. The Morgan fingerprint density at radius 3 is 2.71 bits per heavy atom. The van der Waals surface area contributed by atoms with Crippen LogP contribution < -0.4 is 10.6 Å². The number of carbonyl (C=O) groups is 2. The highest BCUT2D eigenvalue weighted by Gasteiger charge is 2.15. The summed E-state index contributed by atoms with van der Waals surface area (Å²) >= 11 is 0. The second kappa shape index (κ2) is 8.53. The van der Waals surface area contributed by atoms with E-state index in [4.69, 9.17) is 4.52 Å². The van der Waals surface area contributed by atoms with E-state index < -0.39 is 17.6 Å². The molecule has 0 spiro atoms. The molecule has 156 valence electrons. The summed E-state index contributed by atoms with van der Waals surface area (Å²) in [6.45, 7) is 1.51. The van der Waals surface area contributed by atoms with Crippen molar-refractivity contribution >= 4 is 23.3 Å². The van der Waals surface area contributed by atoms with Crippen molar-refractivity contribution in [2.45, 2.75) is 13.5 Å². The second-order valence-electron chi connectivity index (χ2n) is 6.52. The van der Waals surface area contributed by atoms with Crippen molar-refractivity contribution in [1.82, 2.24) is 25.4 Å². The molecule has 0 fully saturated rings. The quantitative estimate of drug-likeness (QED) is 0.490. The summed E-state index contributed by atoms with van der Waals surface area (Å²) in [6, 6.07) is 13.8. The molecule has 0 bridgehead atoms. The Labute approximate surface area is 175 Å². The van der Waals surface area contributed by atoms with Crippen LogP contribution in [0.5, 0.6) is 0 Å². The van der Waals surface area contributed by atoms with Gasteiger partial charge < -0.3 is 15.2 Å². The fourth-order valence-electron chi connectivity index (χ4n) is 2.77. The molecular weight excluding hydrogens is 405 g/mol. The third-order valence-electron chi connectivity index (χ3n) is 4.14. The van der Waals surface area contributed by atoms with Crippen LogP contribution in [0.2, 0.25) is 0 Å². The van der Waals surface area contributed by atoms with Gasteiger partial charge in [-0.2, -0.15) is 4.80 Å². The Balaban J connectivity index is 1.48. The molecule has 31 heavy (non-hydrogen) atoms. The van der Waals surface area contributed by atoms with E-state index in [9.17, 15) is 14.0 Å². The van der Waals surface area contributed by atoms with E-state index in [-0.39, 0.29) is 23.8 Å². The lowest BCUT2D eigenvalue weighted by atomic mass is 10.1. The van der Waals surface area contributed by atoms with Crippen molar-refractivity contribution in [1.29, 1.82) is 0 Å². The van der Waals surface area contributed by atoms with Crippen LogP contribution >= 0.6 is 0 Å². The third kappa shape index (κ3) is 4.78. The number of hydrogen-bond donors (Lipinski definition) is 2. The molecule has 4 rings (SSSR count). The maximum Gasteiger partial charge on any atom is 0.255 e. The zero-order valence-electron chi connectivity index (χ0n) is 16.2. The Kier molecular flexibility index (Phi) is 5.47. The number of aromatic nitrogens is 5. The number of halogens is 1. The molecule has 0 aliphatic heterocycles. The molecular formula is C20H16FN7O3. The minimum absolute atomic E-state index is 0.172. The number of anilines is 2. The van der Waals surface area contributed by atoms with Crippen molar-refractivity contribution in [3.63, 3.8) is 0 Å². The van der Waals surface area contributed by atoms with Crippen molar-refractivity contribution in [3.8, 4) is 11.4 Å². The number of para-hydroxylation sites is 1. The van der Waals surface area contributed by atoms with Crippen LogP contribution in [0.1, 0.15) is 16.1 Å². The van der Waals surface area contributed by atoms with E-state index in [0.717, 1.165) is 10.9 Å². The Bertz CT molecular complexity index is 1250. The smallest absolute Gasteiger partial charge is 0.255 e. The molecule has 0 aliphatic carbocycles. The molecule has 2 heterocycles. The fraction of sp³-hybridized carbons (Fsp3) is 0.100. The van der Waals surface area contributed by atoms with Gasteiger partial charge in [0.25, 0.3) is 5.91 Å². The maximum absolute atomic E-state index is 13.4. The van der Waals surface area contributed by atoms with Gasteiger partial charge in [-0.25, -0.2) is 4.39 Å². The number of nitrogens with zero attached hydrogens (tertiary/aromatic N) is 5. The number of aryl methyl sites for hydroxylation is 1. The first-order valence-electron chi connectivity index (χ1n) is 9.15. The number of tetrazole rings is 1. The zero-order chi connectivity index (χ0) is 21.8. The van der Waals surface area contributed by atoms with Crippen molar-refractivity contribution < 1.29 is 18.5 Å². The lowest BCUT2D eigenvalue weighted by molar-refractivity contribution is -0.117. The highest BCUT2D eigenvalue weighted by Crippen LogP contribution is 2.25. The molecule has 0 saturated carbocycles.